The fourth-order valence-corrected chi connectivity index (χ4v) is 3.92. The molecule has 2 aromatic rings. The molecule has 0 saturated heterocycles. The Bertz CT molecular complexity index is 568. The van der Waals surface area contributed by atoms with Gasteiger partial charge in [0, 0.05) is 34.6 Å². The number of thiophene rings is 1. The first-order valence-electron chi connectivity index (χ1n) is 7.92. The van der Waals surface area contributed by atoms with E-state index in [1.54, 1.807) is 0 Å². The van der Waals surface area contributed by atoms with E-state index >= 15 is 0 Å². The van der Waals surface area contributed by atoms with Crippen LogP contribution >= 0.6 is 11.3 Å². The van der Waals surface area contributed by atoms with Gasteiger partial charge >= 0.3 is 0 Å². The summed E-state index contributed by atoms with van der Waals surface area (Å²) in [4.78, 5) is 2.76. The molecule has 3 nitrogen and oxygen atoms in total. The molecule has 0 saturated carbocycles. The minimum atomic E-state index is 0.449. The third kappa shape index (κ3) is 3.74. The molecule has 21 heavy (non-hydrogen) atoms. The van der Waals surface area contributed by atoms with Crippen molar-refractivity contribution >= 4 is 11.3 Å². The van der Waals surface area contributed by atoms with Crippen LogP contribution in [0.4, 0.5) is 0 Å². The maximum atomic E-state index is 4.55. The van der Waals surface area contributed by atoms with Crippen LogP contribution in [0.3, 0.4) is 0 Å². The maximum absolute atomic E-state index is 4.55. The van der Waals surface area contributed by atoms with Crippen LogP contribution in [0.25, 0.3) is 10.4 Å². The van der Waals surface area contributed by atoms with Crippen LogP contribution in [0.2, 0.25) is 0 Å². The molecule has 0 aliphatic heterocycles. The van der Waals surface area contributed by atoms with Gasteiger partial charge in [-0.3, -0.25) is 4.68 Å². The summed E-state index contributed by atoms with van der Waals surface area (Å²) >= 11 is 1.90. The molecule has 1 N–H and O–H groups in total. The molecule has 0 aromatic carbocycles. The number of hydrogen-bond acceptors (Lipinski definition) is 3. The monoisotopic (exact) mass is 305 g/mol. The van der Waals surface area contributed by atoms with E-state index in [2.05, 4.69) is 56.4 Å². The van der Waals surface area contributed by atoms with Crippen LogP contribution in [-0.4, -0.2) is 16.3 Å². The lowest BCUT2D eigenvalue weighted by molar-refractivity contribution is 0.418. The molecule has 2 aromatic heterocycles. The summed E-state index contributed by atoms with van der Waals surface area (Å²) in [5, 5.41) is 8.23. The van der Waals surface area contributed by atoms with Crippen LogP contribution in [0.5, 0.6) is 0 Å². The highest BCUT2D eigenvalue weighted by molar-refractivity contribution is 7.15. The van der Waals surface area contributed by atoms with Crippen molar-refractivity contribution in [2.24, 2.45) is 13.0 Å². The number of aryl methyl sites for hydroxylation is 2. The number of rotatable bonds is 7. The van der Waals surface area contributed by atoms with Crippen LogP contribution in [0.1, 0.15) is 50.7 Å². The first kappa shape index (κ1) is 16.2. The maximum Gasteiger partial charge on any atom is 0.0708 e. The van der Waals surface area contributed by atoms with Gasteiger partial charge in [-0.05, 0) is 37.4 Å². The van der Waals surface area contributed by atoms with Gasteiger partial charge in [-0.2, -0.15) is 5.10 Å². The molecular formula is C17H27N3S. The summed E-state index contributed by atoms with van der Waals surface area (Å²) in [7, 11) is 2.00. The van der Waals surface area contributed by atoms with Gasteiger partial charge in [0.25, 0.3) is 0 Å². The molecule has 4 heteroatoms. The standard InChI is InChI=1S/C17H27N3S/c1-6-10-18-17(12(3)4)16-9-8-15(21-16)13-11-20(5)19-14(13)7-2/h8-9,11-12,17-18H,6-7,10H2,1-5H3. The van der Waals surface area contributed by atoms with Crippen molar-refractivity contribution in [2.75, 3.05) is 6.54 Å². The highest BCUT2D eigenvalue weighted by Gasteiger charge is 2.18. The molecule has 0 aliphatic carbocycles. The minimum absolute atomic E-state index is 0.449. The zero-order valence-corrected chi connectivity index (χ0v) is 14.6. The second-order valence-electron chi connectivity index (χ2n) is 5.89. The van der Waals surface area contributed by atoms with Crippen LogP contribution in [0, 0.1) is 5.92 Å². The van der Waals surface area contributed by atoms with Crippen LogP contribution in [0.15, 0.2) is 18.3 Å². The molecule has 2 heterocycles. The summed E-state index contributed by atoms with van der Waals surface area (Å²) in [6.45, 7) is 10.0. The molecule has 0 aliphatic rings. The highest BCUT2D eigenvalue weighted by atomic mass is 32.1. The average molecular weight is 305 g/mol. The predicted octanol–water partition coefficient (Wildman–Crippen LogP) is 4.41. The van der Waals surface area contributed by atoms with Crippen molar-refractivity contribution in [3.63, 3.8) is 0 Å². The molecule has 0 fully saturated rings. The summed E-state index contributed by atoms with van der Waals surface area (Å²) in [6.07, 6.45) is 4.29. The molecule has 1 atom stereocenters. The van der Waals surface area contributed by atoms with Gasteiger partial charge in [-0.15, -0.1) is 11.3 Å². The third-order valence-electron chi connectivity index (χ3n) is 3.72. The SMILES string of the molecule is CCCNC(c1ccc(-c2cn(C)nc2CC)s1)C(C)C. The summed E-state index contributed by atoms with van der Waals surface area (Å²) < 4.78 is 1.92. The number of hydrogen-bond donors (Lipinski definition) is 1. The van der Waals surface area contributed by atoms with Gasteiger partial charge in [0.05, 0.1) is 5.69 Å². The molecule has 0 amide bonds. The summed E-state index contributed by atoms with van der Waals surface area (Å²) in [6, 6.07) is 4.98. The van der Waals surface area contributed by atoms with Crippen LogP contribution < -0.4 is 5.32 Å². The van der Waals surface area contributed by atoms with E-state index in [0.29, 0.717) is 12.0 Å². The molecule has 0 bridgehead atoms. The predicted molar refractivity (Wildman–Crippen MR) is 91.8 cm³/mol. The first-order chi connectivity index (χ1) is 10.1. The fourth-order valence-electron chi connectivity index (χ4n) is 2.63. The fraction of sp³-hybridized carbons (Fsp3) is 0.588. The number of aromatic nitrogens is 2. The molecular weight excluding hydrogens is 278 g/mol. The second-order valence-corrected chi connectivity index (χ2v) is 7.01. The average Bonchev–Trinajstić information content (AvgIpc) is 3.05. The quantitative estimate of drug-likeness (QED) is 0.821. The van der Waals surface area contributed by atoms with Gasteiger partial charge in [-0.25, -0.2) is 0 Å². The van der Waals surface area contributed by atoms with Gasteiger partial charge in [0.1, 0.15) is 0 Å². The van der Waals surface area contributed by atoms with E-state index in [9.17, 15) is 0 Å². The van der Waals surface area contributed by atoms with E-state index in [-0.39, 0.29) is 0 Å². The van der Waals surface area contributed by atoms with E-state index in [1.165, 1.54) is 27.4 Å². The Balaban J connectivity index is 2.27. The summed E-state index contributed by atoms with van der Waals surface area (Å²) in [5.74, 6) is 0.600. The minimum Gasteiger partial charge on any atom is -0.309 e. The Labute approximate surface area is 132 Å². The zero-order valence-electron chi connectivity index (χ0n) is 13.8. The highest BCUT2D eigenvalue weighted by Crippen LogP contribution is 2.35. The smallest absolute Gasteiger partial charge is 0.0708 e. The van der Waals surface area contributed by atoms with Gasteiger partial charge < -0.3 is 5.32 Å². The Morgan fingerprint density at radius 3 is 2.67 bits per heavy atom. The van der Waals surface area contributed by atoms with E-state index < -0.39 is 0 Å². The van der Waals surface area contributed by atoms with Gasteiger partial charge in [-0.1, -0.05) is 27.7 Å². The number of nitrogens with one attached hydrogen (secondary N) is 1. The molecule has 0 spiro atoms. The Morgan fingerprint density at radius 2 is 2.05 bits per heavy atom. The lowest BCUT2D eigenvalue weighted by Gasteiger charge is -2.20. The Hall–Kier alpha value is -1.13. The van der Waals surface area contributed by atoms with E-state index in [1.807, 2.05) is 23.1 Å². The largest absolute Gasteiger partial charge is 0.309 e. The topological polar surface area (TPSA) is 29.9 Å². The molecule has 1 unspecified atom stereocenters. The zero-order chi connectivity index (χ0) is 15.4. The van der Waals surface area contributed by atoms with Gasteiger partial charge in [0.15, 0.2) is 0 Å². The Morgan fingerprint density at radius 1 is 1.29 bits per heavy atom. The lowest BCUT2D eigenvalue weighted by Crippen LogP contribution is -2.25. The Kier molecular flexibility index (Phi) is 5.59. The van der Waals surface area contributed by atoms with E-state index in [0.717, 1.165) is 13.0 Å². The summed E-state index contributed by atoms with van der Waals surface area (Å²) in [5.41, 5.74) is 2.47. The lowest BCUT2D eigenvalue weighted by atomic mass is 10.0. The van der Waals surface area contributed by atoms with Crippen molar-refractivity contribution in [1.29, 1.82) is 0 Å². The second kappa shape index (κ2) is 7.23. The molecule has 116 valence electrons. The van der Waals surface area contributed by atoms with Gasteiger partial charge in [0.2, 0.25) is 0 Å². The van der Waals surface area contributed by atoms with E-state index in [4.69, 9.17) is 0 Å². The first-order valence-corrected chi connectivity index (χ1v) is 8.74. The van der Waals surface area contributed by atoms with Crippen molar-refractivity contribution in [2.45, 2.75) is 46.6 Å². The molecule has 0 radical (unpaired) electrons. The molecule has 2 rings (SSSR count). The van der Waals surface area contributed by atoms with Crippen molar-refractivity contribution in [3.8, 4) is 10.4 Å². The van der Waals surface area contributed by atoms with Crippen molar-refractivity contribution in [3.05, 3.63) is 28.9 Å². The third-order valence-corrected chi connectivity index (χ3v) is 4.92. The normalized spacial score (nSPS) is 13.0. The van der Waals surface area contributed by atoms with Crippen molar-refractivity contribution < 1.29 is 0 Å². The van der Waals surface area contributed by atoms with Crippen LogP contribution in [-0.2, 0) is 13.5 Å². The number of nitrogens with zero attached hydrogens (tertiary/aromatic N) is 2. The van der Waals surface area contributed by atoms with Crippen molar-refractivity contribution in [1.82, 2.24) is 15.1 Å².